The molecule has 156 valence electrons. The fourth-order valence-electron chi connectivity index (χ4n) is 5.02. The highest BCUT2D eigenvalue weighted by molar-refractivity contribution is 5.94. The molecule has 3 aliphatic rings. The second-order valence-corrected chi connectivity index (χ2v) is 8.79. The highest BCUT2D eigenvalue weighted by atomic mass is 16.1. The Kier molecular flexibility index (Phi) is 4.34. The van der Waals surface area contributed by atoms with Crippen LogP contribution in [0, 0.1) is 0 Å². The summed E-state index contributed by atoms with van der Waals surface area (Å²) in [6, 6.07) is 22.0. The summed E-state index contributed by atoms with van der Waals surface area (Å²) in [5.41, 5.74) is 9.69. The van der Waals surface area contributed by atoms with Gasteiger partial charge in [-0.25, -0.2) is 0 Å². The maximum atomic E-state index is 11.8. The monoisotopic (exact) mass is 410 g/mol. The molecule has 0 aliphatic carbocycles. The third kappa shape index (κ3) is 3.40. The number of hydrogen-bond acceptors (Lipinski definition) is 4. The average Bonchev–Trinajstić information content (AvgIpc) is 2.82. The molecule has 31 heavy (non-hydrogen) atoms. The van der Waals surface area contributed by atoms with Gasteiger partial charge in [0, 0.05) is 36.8 Å². The van der Waals surface area contributed by atoms with Gasteiger partial charge in [0.1, 0.15) is 0 Å². The molecule has 3 aromatic rings. The molecule has 0 saturated carbocycles. The summed E-state index contributed by atoms with van der Waals surface area (Å²) in [6.45, 7) is 1.78. The summed E-state index contributed by atoms with van der Waals surface area (Å²) >= 11 is 0. The number of rotatable bonds is 2. The number of nitrogens with one attached hydrogen (secondary N) is 4. The minimum atomic E-state index is 0.108. The topological polar surface area (TPSA) is 65.2 Å². The van der Waals surface area contributed by atoms with Gasteiger partial charge >= 0.3 is 0 Å². The normalized spacial score (nSPS) is 21.4. The van der Waals surface area contributed by atoms with Crippen molar-refractivity contribution in [2.24, 2.45) is 0 Å². The van der Waals surface area contributed by atoms with Gasteiger partial charge in [-0.2, -0.15) is 0 Å². The maximum Gasteiger partial charge on any atom is 0.224 e. The molecule has 2 unspecified atom stereocenters. The number of hydrogen-bond donors (Lipinski definition) is 4. The fourth-order valence-corrected chi connectivity index (χ4v) is 5.02. The lowest BCUT2D eigenvalue weighted by Gasteiger charge is -2.31. The molecule has 1 amide bonds. The zero-order chi connectivity index (χ0) is 20.8. The van der Waals surface area contributed by atoms with Crippen LogP contribution >= 0.6 is 0 Å². The van der Waals surface area contributed by atoms with Crippen molar-refractivity contribution in [3.8, 4) is 0 Å². The molecule has 5 heteroatoms. The molecule has 5 nitrogen and oxygen atoms in total. The number of carbonyl (C=O) groups is 1. The summed E-state index contributed by atoms with van der Waals surface area (Å²) in [5.74, 6) is 0.584. The van der Waals surface area contributed by atoms with Crippen LogP contribution in [0.25, 0.3) is 0 Å². The third-order valence-electron chi connectivity index (χ3n) is 6.80. The number of amides is 1. The van der Waals surface area contributed by atoms with E-state index in [9.17, 15) is 4.79 Å². The minimum Gasteiger partial charge on any atom is -0.384 e. The minimum absolute atomic E-state index is 0.108. The van der Waals surface area contributed by atoms with Crippen LogP contribution in [0.15, 0.2) is 60.7 Å². The second-order valence-electron chi connectivity index (χ2n) is 8.79. The van der Waals surface area contributed by atoms with E-state index in [-0.39, 0.29) is 11.9 Å². The van der Waals surface area contributed by atoms with E-state index in [0.29, 0.717) is 12.3 Å². The molecule has 0 fully saturated rings. The van der Waals surface area contributed by atoms with Gasteiger partial charge in [-0.3, -0.25) is 4.79 Å². The number of aryl methyl sites for hydroxylation is 1. The molecule has 0 radical (unpaired) electrons. The Labute approximate surface area is 182 Å². The predicted octanol–water partition coefficient (Wildman–Crippen LogP) is 4.90. The van der Waals surface area contributed by atoms with E-state index in [1.165, 1.54) is 33.6 Å². The van der Waals surface area contributed by atoms with Crippen molar-refractivity contribution in [2.45, 2.75) is 31.2 Å². The summed E-state index contributed by atoms with van der Waals surface area (Å²) in [6.07, 6.45) is 2.47. The molecule has 0 bridgehead atoms. The van der Waals surface area contributed by atoms with Crippen LogP contribution in [0.5, 0.6) is 0 Å². The largest absolute Gasteiger partial charge is 0.384 e. The number of para-hydroxylation sites is 1. The van der Waals surface area contributed by atoms with E-state index in [0.717, 1.165) is 37.3 Å². The molecule has 2 atom stereocenters. The van der Waals surface area contributed by atoms with Crippen LogP contribution in [0.3, 0.4) is 0 Å². The predicted molar refractivity (Wildman–Crippen MR) is 126 cm³/mol. The van der Waals surface area contributed by atoms with E-state index in [1.807, 2.05) is 0 Å². The SMILES string of the molecule is O=C1CCc2ccc(C3CNc4cc(C5CNc6ccccc6C5)ccc4N3)cc2N1. The average molecular weight is 411 g/mol. The van der Waals surface area contributed by atoms with Gasteiger partial charge in [0.05, 0.1) is 17.4 Å². The third-order valence-corrected chi connectivity index (χ3v) is 6.80. The highest BCUT2D eigenvalue weighted by Crippen LogP contribution is 2.37. The fraction of sp³-hybridized carbons (Fsp3) is 0.269. The van der Waals surface area contributed by atoms with Crippen molar-refractivity contribution < 1.29 is 4.79 Å². The number of benzene rings is 3. The first-order valence-corrected chi connectivity index (χ1v) is 11.1. The summed E-state index contributed by atoms with van der Waals surface area (Å²) < 4.78 is 0. The first-order chi connectivity index (χ1) is 15.2. The lowest BCUT2D eigenvalue weighted by atomic mass is 9.87. The Balaban J connectivity index is 1.21. The Morgan fingerprint density at radius 2 is 1.55 bits per heavy atom. The van der Waals surface area contributed by atoms with Crippen molar-refractivity contribution >= 4 is 28.7 Å². The molecule has 6 rings (SSSR count). The quantitative estimate of drug-likeness (QED) is 0.485. The van der Waals surface area contributed by atoms with E-state index in [2.05, 4.69) is 81.9 Å². The van der Waals surface area contributed by atoms with Gasteiger partial charge in [-0.05, 0) is 59.4 Å². The van der Waals surface area contributed by atoms with Crippen molar-refractivity contribution in [1.29, 1.82) is 0 Å². The first-order valence-electron chi connectivity index (χ1n) is 11.1. The molecular weight excluding hydrogens is 384 g/mol. The van der Waals surface area contributed by atoms with Gasteiger partial charge in [0.2, 0.25) is 5.91 Å². The zero-order valence-corrected chi connectivity index (χ0v) is 17.4. The highest BCUT2D eigenvalue weighted by Gasteiger charge is 2.24. The molecule has 3 aliphatic heterocycles. The van der Waals surface area contributed by atoms with Crippen LogP contribution < -0.4 is 21.3 Å². The van der Waals surface area contributed by atoms with E-state index < -0.39 is 0 Å². The number of carbonyl (C=O) groups excluding carboxylic acids is 1. The molecule has 0 saturated heterocycles. The number of anilines is 4. The summed E-state index contributed by atoms with van der Waals surface area (Å²) in [7, 11) is 0. The molecule has 4 N–H and O–H groups in total. The van der Waals surface area contributed by atoms with Crippen LogP contribution in [-0.2, 0) is 17.6 Å². The smallest absolute Gasteiger partial charge is 0.224 e. The van der Waals surface area contributed by atoms with E-state index in [4.69, 9.17) is 0 Å². The Bertz CT molecular complexity index is 1170. The zero-order valence-electron chi connectivity index (χ0n) is 17.4. The Morgan fingerprint density at radius 3 is 2.52 bits per heavy atom. The van der Waals surface area contributed by atoms with Gasteiger partial charge < -0.3 is 21.3 Å². The van der Waals surface area contributed by atoms with Crippen LogP contribution in [-0.4, -0.2) is 19.0 Å². The van der Waals surface area contributed by atoms with Crippen molar-refractivity contribution in [2.75, 3.05) is 34.4 Å². The maximum absolute atomic E-state index is 11.8. The molecular formula is C26H26N4O. The van der Waals surface area contributed by atoms with Crippen LogP contribution in [0.1, 0.15) is 40.6 Å². The van der Waals surface area contributed by atoms with Crippen LogP contribution in [0.4, 0.5) is 22.7 Å². The van der Waals surface area contributed by atoms with Crippen LogP contribution in [0.2, 0.25) is 0 Å². The Hall–Kier alpha value is -3.47. The molecule has 0 spiro atoms. The van der Waals surface area contributed by atoms with E-state index >= 15 is 0 Å². The first kappa shape index (κ1) is 18.3. The number of fused-ring (bicyclic) bond motifs is 3. The lowest BCUT2D eigenvalue weighted by molar-refractivity contribution is -0.116. The van der Waals surface area contributed by atoms with Crippen molar-refractivity contribution in [3.63, 3.8) is 0 Å². The summed E-state index contributed by atoms with van der Waals surface area (Å²) in [4.78, 5) is 11.8. The van der Waals surface area contributed by atoms with Crippen molar-refractivity contribution in [3.05, 3.63) is 82.9 Å². The Morgan fingerprint density at radius 1 is 0.710 bits per heavy atom. The second kappa shape index (κ2) is 7.34. The van der Waals surface area contributed by atoms with Gasteiger partial charge in [0.15, 0.2) is 0 Å². The summed E-state index contributed by atoms with van der Waals surface area (Å²) in [5, 5.41) is 13.9. The van der Waals surface area contributed by atoms with E-state index in [1.54, 1.807) is 0 Å². The standard InChI is InChI=1S/C26H26N4O/c31-26-10-8-16-5-6-19(13-23(16)30-26)25-15-28-24-12-17(7-9-22(24)29-25)20-11-18-3-1-2-4-21(18)27-14-20/h1-7,9,12-13,20,25,27-29H,8,10-11,14-15H2,(H,30,31). The lowest BCUT2D eigenvalue weighted by Crippen LogP contribution is -2.27. The van der Waals surface area contributed by atoms with Gasteiger partial charge in [-0.1, -0.05) is 36.4 Å². The van der Waals surface area contributed by atoms with Gasteiger partial charge in [0.25, 0.3) is 0 Å². The van der Waals surface area contributed by atoms with Crippen molar-refractivity contribution in [1.82, 2.24) is 0 Å². The molecule has 3 heterocycles. The van der Waals surface area contributed by atoms with Gasteiger partial charge in [-0.15, -0.1) is 0 Å². The molecule has 0 aromatic heterocycles. The molecule has 3 aromatic carbocycles.